The molecule has 21 heteroatoms. The molecule has 384 valence electrons. The average Bonchev–Trinajstić information content (AvgIpc) is 3.99. The molecule has 4 aromatic rings. The number of aliphatic hydroxyl groups is 1. The minimum Gasteiger partial charge on any atom is -0.391 e. The van der Waals surface area contributed by atoms with Crippen molar-refractivity contribution in [1.82, 2.24) is 20.5 Å². The van der Waals surface area contributed by atoms with Gasteiger partial charge in [0, 0.05) is 51.3 Å². The number of ketones is 1. The second-order valence-corrected chi connectivity index (χ2v) is 20.3. The third kappa shape index (κ3) is 12.9. The van der Waals surface area contributed by atoms with E-state index in [9.17, 15) is 47.5 Å². The molecule has 6 rings (SSSR count). The number of likely N-dealkylation sites (tertiary alicyclic amines) is 1. The SMILES string of the molecule is Cc1ncsc1-c1ccc(CNC(=O)[C@@H]2C[C@@H](O)CN2C(=O)[C@@H](NC(=O)CCCOCCOCCCC(=O)c2ccc(N3C(=S)N(c4ccc(C#N)c(C(F)(F)F)c4)C(=O)C3(C)C)cc2F)C(C)(C)C)cc1. The summed E-state index contributed by atoms with van der Waals surface area (Å²) in [6.45, 7) is 11.2. The number of carbonyl (C=O) groups excluding carboxylic acids is 5. The highest BCUT2D eigenvalue weighted by atomic mass is 32.1. The Morgan fingerprint density at radius 1 is 0.972 bits per heavy atom. The number of alkyl halides is 3. The van der Waals surface area contributed by atoms with Gasteiger partial charge in [0.1, 0.15) is 23.4 Å². The number of aryl methyl sites for hydroxylation is 1. The Hall–Kier alpha value is -6.18. The second kappa shape index (κ2) is 23.1. The van der Waals surface area contributed by atoms with Crippen LogP contribution in [-0.4, -0.2) is 106 Å². The number of nitrogens with one attached hydrogen (secondary N) is 2. The van der Waals surface area contributed by atoms with E-state index in [2.05, 4.69) is 15.6 Å². The van der Waals surface area contributed by atoms with Gasteiger partial charge in [-0.2, -0.15) is 18.4 Å². The van der Waals surface area contributed by atoms with E-state index in [-0.39, 0.29) is 93.2 Å². The van der Waals surface area contributed by atoms with Gasteiger partial charge in [0.2, 0.25) is 17.7 Å². The lowest BCUT2D eigenvalue weighted by Crippen LogP contribution is -2.57. The lowest BCUT2D eigenvalue weighted by Gasteiger charge is -2.35. The van der Waals surface area contributed by atoms with Crippen LogP contribution in [0.1, 0.15) is 99.5 Å². The fourth-order valence-corrected chi connectivity index (χ4v) is 9.80. The number of thiocarbonyl (C=S) groups is 1. The molecule has 2 fully saturated rings. The van der Waals surface area contributed by atoms with Crippen molar-refractivity contribution in [2.45, 2.75) is 110 Å². The number of nitriles is 1. The van der Waals surface area contributed by atoms with Gasteiger partial charge in [-0.3, -0.25) is 28.9 Å². The van der Waals surface area contributed by atoms with Crippen LogP contribution in [0, 0.1) is 29.5 Å². The number of thiazole rings is 1. The normalized spacial score (nSPS) is 17.3. The molecular weight excluding hydrogens is 979 g/mol. The number of amides is 4. The van der Waals surface area contributed by atoms with E-state index in [0.717, 1.165) is 38.7 Å². The van der Waals surface area contributed by atoms with Gasteiger partial charge in [0.25, 0.3) is 5.91 Å². The summed E-state index contributed by atoms with van der Waals surface area (Å²) < 4.78 is 67.8. The molecule has 0 bridgehead atoms. The van der Waals surface area contributed by atoms with Crippen molar-refractivity contribution in [2.75, 3.05) is 42.8 Å². The molecule has 3 N–H and O–H groups in total. The Morgan fingerprint density at radius 3 is 2.22 bits per heavy atom. The van der Waals surface area contributed by atoms with Crippen LogP contribution in [0.3, 0.4) is 0 Å². The summed E-state index contributed by atoms with van der Waals surface area (Å²) in [6.07, 6.45) is -5.12. The summed E-state index contributed by atoms with van der Waals surface area (Å²) in [7, 11) is 0. The van der Waals surface area contributed by atoms with E-state index >= 15 is 4.39 Å². The molecule has 3 atom stereocenters. The van der Waals surface area contributed by atoms with Gasteiger partial charge >= 0.3 is 6.18 Å². The summed E-state index contributed by atoms with van der Waals surface area (Å²) in [4.78, 5) is 75.9. The standard InChI is InChI=1S/C51H57F4N7O8S2/c1-30-43(72-29-58-30)32-13-11-31(12-14-32)27-57-45(66)40-25-36(63)28-60(40)46(67)44(49(2,3)4)59-42(65)10-8-20-70-22-21-69-19-7-9-41(64)37-18-17-35(24-39(37)52)62-48(71)61(47(68)50(62,5)6)34-16-15-33(26-56)38(23-34)51(53,54)55/h11-18,23-24,29,36,40,44,63H,7-10,19-22,25,27-28H2,1-6H3,(H,57,66)(H,59,65)/t36-,40+,44-/m1/s1. The van der Waals surface area contributed by atoms with Gasteiger partial charge in [0.05, 0.1) is 63.8 Å². The van der Waals surface area contributed by atoms with Crippen LogP contribution in [0.4, 0.5) is 28.9 Å². The van der Waals surface area contributed by atoms with E-state index in [1.165, 1.54) is 47.9 Å². The maximum atomic E-state index is 15.5. The Labute approximate surface area is 424 Å². The predicted octanol–water partition coefficient (Wildman–Crippen LogP) is 7.65. The van der Waals surface area contributed by atoms with Gasteiger partial charge in [-0.15, -0.1) is 11.3 Å². The number of ether oxygens (including phenoxy) is 2. The molecule has 3 heterocycles. The molecule has 2 aliphatic rings. The molecule has 72 heavy (non-hydrogen) atoms. The van der Waals surface area contributed by atoms with Crippen molar-refractivity contribution >= 4 is 69.5 Å². The number of rotatable bonds is 20. The predicted molar refractivity (Wildman–Crippen MR) is 265 cm³/mol. The van der Waals surface area contributed by atoms with E-state index in [1.54, 1.807) is 16.8 Å². The number of hydrogen-bond donors (Lipinski definition) is 3. The number of Topliss-reactive ketones (excluding diaryl/α,β-unsaturated/α-hetero) is 1. The number of nitrogens with zero attached hydrogens (tertiary/aromatic N) is 5. The minimum absolute atomic E-state index is 0.0474. The summed E-state index contributed by atoms with van der Waals surface area (Å²) >= 11 is 7.07. The molecule has 15 nitrogen and oxygen atoms in total. The zero-order valence-electron chi connectivity index (χ0n) is 40.7. The summed E-state index contributed by atoms with van der Waals surface area (Å²) in [5, 5.41) is 25.3. The van der Waals surface area contributed by atoms with Crippen molar-refractivity contribution in [2.24, 2.45) is 5.41 Å². The van der Waals surface area contributed by atoms with E-state index in [1.807, 2.05) is 52.0 Å². The van der Waals surface area contributed by atoms with Gasteiger partial charge in [0.15, 0.2) is 10.9 Å². The van der Waals surface area contributed by atoms with Crippen LogP contribution >= 0.6 is 23.6 Å². The minimum atomic E-state index is -4.88. The van der Waals surface area contributed by atoms with E-state index < -0.39 is 75.8 Å². The average molecular weight is 1040 g/mol. The largest absolute Gasteiger partial charge is 0.417 e. The molecule has 3 aromatic carbocycles. The first-order chi connectivity index (χ1) is 33.9. The lowest BCUT2D eigenvalue weighted by atomic mass is 9.85. The molecule has 0 aliphatic carbocycles. The second-order valence-electron chi connectivity index (χ2n) is 19.1. The molecule has 0 spiro atoms. The number of anilines is 2. The van der Waals surface area contributed by atoms with Crippen molar-refractivity contribution in [3.05, 3.63) is 99.9 Å². The fourth-order valence-electron chi connectivity index (χ4n) is 8.47. The van der Waals surface area contributed by atoms with Crippen LogP contribution < -0.4 is 20.4 Å². The summed E-state index contributed by atoms with van der Waals surface area (Å²) in [5.41, 5.74) is 0.242. The molecule has 0 radical (unpaired) electrons. The Bertz CT molecular complexity index is 2720. The first-order valence-electron chi connectivity index (χ1n) is 23.3. The molecule has 0 saturated carbocycles. The van der Waals surface area contributed by atoms with Crippen LogP contribution in [0.25, 0.3) is 10.4 Å². The summed E-state index contributed by atoms with van der Waals surface area (Å²) in [5.74, 6) is -3.33. The van der Waals surface area contributed by atoms with Crippen molar-refractivity contribution in [3.8, 4) is 16.5 Å². The highest BCUT2D eigenvalue weighted by Gasteiger charge is 2.51. The highest BCUT2D eigenvalue weighted by Crippen LogP contribution is 2.40. The zero-order chi connectivity index (χ0) is 52.7. The van der Waals surface area contributed by atoms with Gasteiger partial charge < -0.3 is 35.0 Å². The Kier molecular flexibility index (Phi) is 17.7. The molecule has 4 amide bonds. The van der Waals surface area contributed by atoms with Crippen molar-refractivity contribution in [1.29, 1.82) is 5.26 Å². The number of carbonyl (C=O) groups is 5. The quantitative estimate of drug-likeness (QED) is 0.0339. The maximum absolute atomic E-state index is 15.5. The number of halogens is 4. The molecule has 2 aliphatic heterocycles. The Balaban J connectivity index is 0.894. The third-order valence-corrected chi connectivity index (χ3v) is 13.7. The first kappa shape index (κ1) is 55.1. The van der Waals surface area contributed by atoms with Crippen LogP contribution in [0.5, 0.6) is 0 Å². The van der Waals surface area contributed by atoms with E-state index in [4.69, 9.17) is 21.7 Å². The van der Waals surface area contributed by atoms with Gasteiger partial charge in [-0.1, -0.05) is 45.0 Å². The molecular formula is C51H57F4N7O8S2. The number of hydrogen-bond acceptors (Lipinski definition) is 12. The maximum Gasteiger partial charge on any atom is 0.417 e. The monoisotopic (exact) mass is 1040 g/mol. The number of benzene rings is 3. The molecule has 2 saturated heterocycles. The lowest BCUT2D eigenvalue weighted by molar-refractivity contribution is -0.144. The van der Waals surface area contributed by atoms with Crippen LogP contribution in [0.15, 0.2) is 66.2 Å². The topological polar surface area (TPSA) is 194 Å². The smallest absolute Gasteiger partial charge is 0.391 e. The zero-order valence-corrected chi connectivity index (χ0v) is 42.4. The summed E-state index contributed by atoms with van der Waals surface area (Å²) in [6, 6.07) is 13.8. The van der Waals surface area contributed by atoms with Crippen molar-refractivity contribution in [3.63, 3.8) is 0 Å². The number of β-amino-alcohol motifs (C(OH)–C–C–N with tert-alkyl or cyclic N) is 1. The molecule has 0 unspecified atom stereocenters. The van der Waals surface area contributed by atoms with Crippen LogP contribution in [-0.2, 0) is 41.4 Å². The first-order valence-corrected chi connectivity index (χ1v) is 24.6. The highest BCUT2D eigenvalue weighted by molar-refractivity contribution is 7.81. The van der Waals surface area contributed by atoms with E-state index in [0.29, 0.717) is 12.5 Å². The molecule has 1 aromatic heterocycles. The fraction of sp³-hybridized carbons (Fsp3) is 0.451. The third-order valence-electron chi connectivity index (χ3n) is 12.3. The van der Waals surface area contributed by atoms with Crippen LogP contribution in [0.2, 0.25) is 0 Å². The number of aliphatic hydroxyl groups excluding tert-OH is 1. The van der Waals surface area contributed by atoms with Gasteiger partial charge in [-0.05, 0) is 98.8 Å². The Morgan fingerprint density at radius 2 is 1.62 bits per heavy atom. The number of aromatic nitrogens is 1. The van der Waals surface area contributed by atoms with Gasteiger partial charge in [-0.25, -0.2) is 9.37 Å². The van der Waals surface area contributed by atoms with Crippen molar-refractivity contribution < 1.29 is 56.1 Å².